The summed E-state index contributed by atoms with van der Waals surface area (Å²) in [5.41, 5.74) is 0.770. The van der Waals surface area contributed by atoms with Gasteiger partial charge in [-0.3, -0.25) is 9.59 Å². The van der Waals surface area contributed by atoms with E-state index in [0.29, 0.717) is 12.1 Å². The van der Waals surface area contributed by atoms with Crippen molar-refractivity contribution in [2.75, 3.05) is 0 Å². The number of nitrogens with zero attached hydrogens (tertiary/aromatic N) is 1. The van der Waals surface area contributed by atoms with Gasteiger partial charge < -0.3 is 19.7 Å². The highest BCUT2D eigenvalue weighted by Gasteiger charge is 2.54. The van der Waals surface area contributed by atoms with E-state index >= 15 is 0 Å². The number of aliphatic hydroxyl groups is 1. The van der Waals surface area contributed by atoms with Crippen LogP contribution in [0.3, 0.4) is 0 Å². The molecule has 2 heterocycles. The minimum atomic E-state index is -1.02. The van der Waals surface area contributed by atoms with Crippen LogP contribution in [0.15, 0.2) is 48.5 Å². The number of rotatable bonds is 10. The number of nitrogens with one attached hydrogen (secondary N) is 1. The molecule has 194 valence electrons. The van der Waals surface area contributed by atoms with E-state index in [0.717, 1.165) is 5.56 Å². The fourth-order valence-electron chi connectivity index (χ4n) is 4.23. The number of hydrogen-bond donors (Lipinski definition) is 2. The third kappa shape index (κ3) is 6.61. The molecular weight excluding hydrogens is 455 g/mol. The number of ketones is 1. The fourth-order valence-corrected chi connectivity index (χ4v) is 4.23. The summed E-state index contributed by atoms with van der Waals surface area (Å²) in [4.78, 5) is 31.0. The van der Waals surface area contributed by atoms with Crippen LogP contribution >= 0.6 is 0 Å². The van der Waals surface area contributed by atoms with Crippen molar-refractivity contribution >= 4 is 18.8 Å². The SMILES string of the molecule is CC(C)C[C@H](NC(=O)[C@@H](CC(=O)c1cccc(-c2ccccc2)n1)[C@@H](C)O)B1OC(C)(C)C(C)(C)O1. The maximum Gasteiger partial charge on any atom is 0.481 e. The molecule has 1 aliphatic heterocycles. The van der Waals surface area contributed by atoms with E-state index in [1.807, 2.05) is 64.1 Å². The third-order valence-corrected chi connectivity index (χ3v) is 7.08. The van der Waals surface area contributed by atoms with Gasteiger partial charge in [-0.15, -0.1) is 0 Å². The van der Waals surface area contributed by atoms with E-state index in [-0.39, 0.29) is 23.8 Å². The molecule has 1 aromatic carbocycles. The first-order chi connectivity index (χ1) is 16.8. The second-order valence-electron chi connectivity index (χ2n) is 11.1. The number of benzene rings is 1. The minimum Gasteiger partial charge on any atom is -0.402 e. The molecule has 1 fully saturated rings. The molecule has 8 heteroatoms. The van der Waals surface area contributed by atoms with Crippen LogP contribution in [0.2, 0.25) is 0 Å². The van der Waals surface area contributed by atoms with Crippen LogP contribution in [-0.4, -0.2) is 52.1 Å². The molecule has 2 N–H and O–H groups in total. The highest BCUT2D eigenvalue weighted by molar-refractivity contribution is 6.48. The van der Waals surface area contributed by atoms with Gasteiger partial charge in [0, 0.05) is 12.0 Å². The van der Waals surface area contributed by atoms with Crippen molar-refractivity contribution in [3.05, 3.63) is 54.2 Å². The molecule has 1 amide bonds. The summed E-state index contributed by atoms with van der Waals surface area (Å²) < 4.78 is 12.4. The number of hydrogen-bond acceptors (Lipinski definition) is 6. The molecule has 0 bridgehead atoms. The van der Waals surface area contributed by atoms with Crippen molar-refractivity contribution in [2.24, 2.45) is 11.8 Å². The van der Waals surface area contributed by atoms with E-state index in [1.165, 1.54) is 6.92 Å². The molecule has 0 spiro atoms. The quantitative estimate of drug-likeness (QED) is 0.373. The van der Waals surface area contributed by atoms with Crippen LogP contribution in [0, 0.1) is 11.8 Å². The van der Waals surface area contributed by atoms with E-state index in [9.17, 15) is 14.7 Å². The first-order valence-corrected chi connectivity index (χ1v) is 12.7. The lowest BCUT2D eigenvalue weighted by molar-refractivity contribution is -0.128. The van der Waals surface area contributed by atoms with Crippen molar-refractivity contribution in [1.82, 2.24) is 10.3 Å². The van der Waals surface area contributed by atoms with E-state index in [2.05, 4.69) is 24.1 Å². The number of aliphatic hydroxyl groups excluding tert-OH is 1. The molecule has 0 saturated carbocycles. The van der Waals surface area contributed by atoms with Crippen molar-refractivity contribution in [3.63, 3.8) is 0 Å². The molecule has 36 heavy (non-hydrogen) atoms. The predicted molar refractivity (Wildman–Crippen MR) is 141 cm³/mol. The van der Waals surface area contributed by atoms with Crippen LogP contribution in [0.5, 0.6) is 0 Å². The Balaban J connectivity index is 1.75. The summed E-state index contributed by atoms with van der Waals surface area (Å²) in [6.45, 7) is 13.5. The summed E-state index contributed by atoms with van der Waals surface area (Å²) in [5, 5.41) is 13.5. The van der Waals surface area contributed by atoms with Gasteiger partial charge in [0.1, 0.15) is 5.69 Å². The van der Waals surface area contributed by atoms with Crippen LogP contribution in [0.4, 0.5) is 0 Å². The van der Waals surface area contributed by atoms with Crippen molar-refractivity contribution in [3.8, 4) is 11.3 Å². The van der Waals surface area contributed by atoms with Crippen molar-refractivity contribution in [2.45, 2.75) is 84.6 Å². The topological polar surface area (TPSA) is 97.8 Å². The predicted octanol–water partition coefficient (Wildman–Crippen LogP) is 4.48. The largest absolute Gasteiger partial charge is 0.481 e. The molecule has 7 nitrogen and oxygen atoms in total. The first kappa shape index (κ1) is 28.0. The fraction of sp³-hybridized carbons (Fsp3) is 0.536. The highest BCUT2D eigenvalue weighted by atomic mass is 16.7. The number of pyridine rings is 1. The monoisotopic (exact) mass is 494 g/mol. The lowest BCUT2D eigenvalue weighted by Crippen LogP contribution is -2.51. The normalized spacial score (nSPS) is 19.1. The number of Topliss-reactive ketones (excluding diaryl/α,β-unsaturated/α-hetero) is 1. The van der Waals surface area contributed by atoms with E-state index < -0.39 is 42.2 Å². The second-order valence-corrected chi connectivity index (χ2v) is 11.1. The maximum atomic E-state index is 13.4. The van der Waals surface area contributed by atoms with Crippen molar-refractivity contribution in [1.29, 1.82) is 0 Å². The number of aromatic nitrogens is 1. The maximum absolute atomic E-state index is 13.4. The highest BCUT2D eigenvalue weighted by Crippen LogP contribution is 2.38. The Morgan fingerprint density at radius 3 is 2.14 bits per heavy atom. The molecule has 3 rings (SSSR count). The Morgan fingerprint density at radius 1 is 0.972 bits per heavy atom. The van der Waals surface area contributed by atoms with E-state index in [4.69, 9.17) is 9.31 Å². The summed E-state index contributed by atoms with van der Waals surface area (Å²) in [6.07, 6.45) is -0.555. The summed E-state index contributed by atoms with van der Waals surface area (Å²) in [6, 6.07) is 14.8. The van der Waals surface area contributed by atoms with Crippen molar-refractivity contribution < 1.29 is 24.0 Å². The smallest absolute Gasteiger partial charge is 0.402 e. The van der Waals surface area contributed by atoms with Crippen LogP contribution in [-0.2, 0) is 14.1 Å². The second kappa shape index (κ2) is 11.2. The van der Waals surface area contributed by atoms with Crippen LogP contribution in [0.1, 0.15) is 71.8 Å². The Kier molecular flexibility index (Phi) is 8.75. The zero-order valence-electron chi connectivity index (χ0n) is 22.4. The van der Waals surface area contributed by atoms with Gasteiger partial charge in [-0.05, 0) is 59.1 Å². The molecule has 1 aliphatic rings. The Bertz CT molecular complexity index is 1040. The molecule has 0 radical (unpaired) electrons. The third-order valence-electron chi connectivity index (χ3n) is 7.08. The lowest BCUT2D eigenvalue weighted by atomic mass is 9.73. The standard InChI is InChI=1S/C28H39BN2O5/c1-18(2)16-25(29-35-27(4,5)28(6,7)36-29)31-26(34)21(19(3)32)17-24(33)23-15-11-14-22(30-23)20-12-9-8-10-13-20/h8-15,18-19,21,25,32H,16-17H2,1-7H3,(H,31,34)/t19-,21+,25+/m1/s1. The minimum absolute atomic E-state index is 0.160. The van der Waals surface area contributed by atoms with Gasteiger partial charge >= 0.3 is 7.12 Å². The van der Waals surface area contributed by atoms with Gasteiger partial charge in [-0.1, -0.05) is 50.2 Å². The van der Waals surface area contributed by atoms with Crippen LogP contribution in [0.25, 0.3) is 11.3 Å². The molecule has 2 aromatic rings. The number of carbonyl (C=O) groups is 2. The summed E-state index contributed by atoms with van der Waals surface area (Å²) in [7, 11) is -0.629. The molecule has 1 saturated heterocycles. The Morgan fingerprint density at radius 2 is 1.58 bits per heavy atom. The molecular formula is C28H39BN2O5. The molecule has 3 atom stereocenters. The van der Waals surface area contributed by atoms with Gasteiger partial charge in [-0.2, -0.15) is 0 Å². The van der Waals surface area contributed by atoms with Gasteiger partial charge in [0.25, 0.3) is 0 Å². The zero-order valence-corrected chi connectivity index (χ0v) is 22.4. The van der Waals surface area contributed by atoms with Gasteiger partial charge in [-0.25, -0.2) is 4.98 Å². The average molecular weight is 494 g/mol. The summed E-state index contributed by atoms with van der Waals surface area (Å²) >= 11 is 0. The zero-order chi connectivity index (χ0) is 26.7. The van der Waals surface area contributed by atoms with Gasteiger partial charge in [0.15, 0.2) is 5.78 Å². The Hall–Kier alpha value is -2.55. The van der Waals surface area contributed by atoms with Gasteiger partial charge in [0.2, 0.25) is 5.91 Å². The first-order valence-electron chi connectivity index (χ1n) is 12.7. The number of amides is 1. The van der Waals surface area contributed by atoms with Gasteiger partial charge in [0.05, 0.1) is 34.9 Å². The summed E-state index contributed by atoms with van der Waals surface area (Å²) in [5.74, 6) is -1.79. The van der Waals surface area contributed by atoms with E-state index in [1.54, 1.807) is 12.1 Å². The number of carbonyl (C=O) groups excluding carboxylic acids is 2. The molecule has 0 aliphatic carbocycles. The average Bonchev–Trinajstić information content (AvgIpc) is 3.03. The molecule has 0 unspecified atom stereocenters. The lowest BCUT2D eigenvalue weighted by Gasteiger charge is -2.32. The molecule has 1 aromatic heterocycles. The Labute approximate surface area is 215 Å². The van der Waals surface area contributed by atoms with Crippen LogP contribution < -0.4 is 5.32 Å².